The molecule has 0 amide bonds. The van der Waals surface area contributed by atoms with Crippen LogP contribution in [-0.4, -0.2) is 12.1 Å². The molecule has 0 saturated heterocycles. The number of hydrogen-bond donors (Lipinski definition) is 0. The number of nitrogens with zero attached hydrogens (tertiary/aromatic N) is 1. The normalized spacial score (nSPS) is 11.1. The van der Waals surface area contributed by atoms with Crippen LogP contribution in [-0.2, 0) is 0 Å². The number of rotatable bonds is 5. The highest BCUT2D eigenvalue weighted by Gasteiger charge is 2.22. The molecule has 3 aromatic carbocycles. The smallest absolute Gasteiger partial charge is 0.0530 e. The zero-order valence-electron chi connectivity index (χ0n) is 15.6. The summed E-state index contributed by atoms with van der Waals surface area (Å²) in [5.74, 6) is 0. The predicted octanol–water partition coefficient (Wildman–Crippen LogP) is 6.64. The number of anilines is 1. The monoisotopic (exact) mass is 329 g/mol. The molecule has 0 spiro atoms. The summed E-state index contributed by atoms with van der Waals surface area (Å²) in [4.78, 5) is 2.53. The molecular formula is C24H27N. The van der Waals surface area contributed by atoms with Gasteiger partial charge in [0.15, 0.2) is 0 Å². The summed E-state index contributed by atoms with van der Waals surface area (Å²) in [6.45, 7) is 9.10. The van der Waals surface area contributed by atoms with Gasteiger partial charge >= 0.3 is 0 Å². The van der Waals surface area contributed by atoms with E-state index in [-0.39, 0.29) is 0 Å². The summed E-state index contributed by atoms with van der Waals surface area (Å²) in [7, 11) is 0. The topological polar surface area (TPSA) is 3.24 Å². The number of benzene rings is 3. The Labute approximate surface area is 151 Å². The Hall–Kier alpha value is -2.54. The van der Waals surface area contributed by atoms with Gasteiger partial charge in [0.25, 0.3) is 0 Å². The van der Waals surface area contributed by atoms with E-state index in [1.54, 1.807) is 0 Å². The van der Waals surface area contributed by atoms with Crippen LogP contribution < -0.4 is 4.90 Å². The molecule has 0 aliphatic rings. The predicted molar refractivity (Wildman–Crippen MR) is 110 cm³/mol. The van der Waals surface area contributed by atoms with Gasteiger partial charge < -0.3 is 4.90 Å². The van der Waals surface area contributed by atoms with Gasteiger partial charge in [-0.1, -0.05) is 78.9 Å². The molecule has 0 aliphatic heterocycles. The molecule has 0 aliphatic carbocycles. The van der Waals surface area contributed by atoms with Crippen molar-refractivity contribution in [1.82, 2.24) is 0 Å². The van der Waals surface area contributed by atoms with Gasteiger partial charge in [0.1, 0.15) is 0 Å². The Morgan fingerprint density at radius 2 is 0.920 bits per heavy atom. The van der Waals surface area contributed by atoms with Gasteiger partial charge in [0.05, 0.1) is 5.69 Å². The minimum atomic E-state index is 0.423. The summed E-state index contributed by atoms with van der Waals surface area (Å²) < 4.78 is 0. The second-order valence-corrected chi connectivity index (χ2v) is 7.03. The first-order valence-corrected chi connectivity index (χ1v) is 9.11. The average Bonchev–Trinajstić information content (AvgIpc) is 2.63. The van der Waals surface area contributed by atoms with E-state index in [4.69, 9.17) is 0 Å². The van der Waals surface area contributed by atoms with Crippen LogP contribution in [0, 0.1) is 0 Å². The summed E-state index contributed by atoms with van der Waals surface area (Å²) in [5.41, 5.74) is 6.45. The largest absolute Gasteiger partial charge is 0.366 e. The van der Waals surface area contributed by atoms with Crippen LogP contribution in [0.2, 0.25) is 0 Å². The Morgan fingerprint density at radius 1 is 0.520 bits per heavy atom. The number of hydrogen-bond acceptors (Lipinski definition) is 1. The highest BCUT2D eigenvalue weighted by Crippen LogP contribution is 2.41. The molecule has 0 radical (unpaired) electrons. The summed E-state index contributed by atoms with van der Waals surface area (Å²) in [6.07, 6.45) is 0. The minimum absolute atomic E-state index is 0.423. The van der Waals surface area contributed by atoms with Crippen molar-refractivity contribution in [2.45, 2.75) is 39.8 Å². The molecule has 3 aromatic rings. The molecule has 0 bridgehead atoms. The fourth-order valence-electron chi connectivity index (χ4n) is 3.64. The van der Waals surface area contributed by atoms with Gasteiger partial charge in [-0.2, -0.15) is 0 Å². The summed E-state index contributed by atoms with van der Waals surface area (Å²) in [6, 6.07) is 28.9. The lowest BCUT2D eigenvalue weighted by atomic mass is 9.93. The van der Waals surface area contributed by atoms with Crippen LogP contribution in [0.4, 0.5) is 5.69 Å². The molecule has 128 valence electrons. The first kappa shape index (κ1) is 17.3. The molecule has 0 aromatic heterocycles. The standard InChI is InChI=1S/C24H27N/c1-18(2)25(19(3)4)24-22(20-12-7-5-8-13-20)16-11-17-23(24)21-14-9-6-10-15-21/h5-19H,1-4H3. The highest BCUT2D eigenvalue weighted by molar-refractivity contribution is 5.91. The molecule has 3 rings (SSSR count). The molecule has 0 fully saturated rings. The van der Waals surface area contributed by atoms with E-state index in [1.807, 2.05) is 0 Å². The molecule has 0 heterocycles. The first-order valence-electron chi connectivity index (χ1n) is 9.11. The maximum absolute atomic E-state index is 2.53. The van der Waals surface area contributed by atoms with Gasteiger partial charge in [-0.25, -0.2) is 0 Å². The Morgan fingerprint density at radius 3 is 1.28 bits per heavy atom. The van der Waals surface area contributed by atoms with Crippen molar-refractivity contribution < 1.29 is 0 Å². The van der Waals surface area contributed by atoms with Crippen molar-refractivity contribution in [3.63, 3.8) is 0 Å². The molecule has 0 N–H and O–H groups in total. The van der Waals surface area contributed by atoms with E-state index in [1.165, 1.54) is 27.9 Å². The third-order valence-electron chi connectivity index (χ3n) is 4.58. The van der Waals surface area contributed by atoms with Crippen LogP contribution in [0.3, 0.4) is 0 Å². The van der Waals surface area contributed by atoms with Crippen LogP contribution in [0.1, 0.15) is 27.7 Å². The van der Waals surface area contributed by atoms with E-state index in [0.29, 0.717) is 12.1 Å². The van der Waals surface area contributed by atoms with Crippen molar-refractivity contribution in [3.8, 4) is 22.3 Å². The van der Waals surface area contributed by atoms with Gasteiger partial charge in [0.2, 0.25) is 0 Å². The lowest BCUT2D eigenvalue weighted by Gasteiger charge is -2.36. The third-order valence-corrected chi connectivity index (χ3v) is 4.58. The van der Waals surface area contributed by atoms with Gasteiger partial charge in [-0.3, -0.25) is 0 Å². The zero-order valence-corrected chi connectivity index (χ0v) is 15.6. The third kappa shape index (κ3) is 3.61. The van der Waals surface area contributed by atoms with E-state index >= 15 is 0 Å². The molecule has 0 saturated carbocycles. The van der Waals surface area contributed by atoms with E-state index in [2.05, 4.69) is 111 Å². The fourth-order valence-corrected chi connectivity index (χ4v) is 3.64. The van der Waals surface area contributed by atoms with E-state index in [0.717, 1.165) is 0 Å². The van der Waals surface area contributed by atoms with Crippen LogP contribution >= 0.6 is 0 Å². The van der Waals surface area contributed by atoms with Gasteiger partial charge in [-0.05, 0) is 38.8 Å². The van der Waals surface area contributed by atoms with Crippen LogP contribution in [0.25, 0.3) is 22.3 Å². The van der Waals surface area contributed by atoms with E-state index < -0.39 is 0 Å². The summed E-state index contributed by atoms with van der Waals surface area (Å²) >= 11 is 0. The van der Waals surface area contributed by atoms with Crippen LogP contribution in [0.5, 0.6) is 0 Å². The van der Waals surface area contributed by atoms with Crippen molar-refractivity contribution in [1.29, 1.82) is 0 Å². The van der Waals surface area contributed by atoms with Crippen molar-refractivity contribution in [2.75, 3.05) is 4.90 Å². The molecule has 0 unspecified atom stereocenters. The molecular weight excluding hydrogens is 302 g/mol. The van der Waals surface area contributed by atoms with Crippen molar-refractivity contribution >= 4 is 5.69 Å². The second kappa shape index (κ2) is 7.57. The van der Waals surface area contributed by atoms with Gasteiger partial charge in [0, 0.05) is 23.2 Å². The SMILES string of the molecule is CC(C)N(c1c(-c2ccccc2)cccc1-c1ccccc1)C(C)C. The maximum Gasteiger partial charge on any atom is 0.0530 e. The Kier molecular flexibility index (Phi) is 5.23. The second-order valence-electron chi connectivity index (χ2n) is 7.03. The van der Waals surface area contributed by atoms with Gasteiger partial charge in [-0.15, -0.1) is 0 Å². The van der Waals surface area contributed by atoms with Crippen molar-refractivity contribution in [2.24, 2.45) is 0 Å². The quantitative estimate of drug-likeness (QED) is 0.507. The Balaban J connectivity index is 2.30. The molecule has 25 heavy (non-hydrogen) atoms. The lowest BCUT2D eigenvalue weighted by Crippen LogP contribution is -2.37. The van der Waals surface area contributed by atoms with Crippen LogP contribution in [0.15, 0.2) is 78.9 Å². The lowest BCUT2D eigenvalue weighted by molar-refractivity contribution is 0.609. The average molecular weight is 329 g/mol. The zero-order chi connectivity index (χ0) is 17.8. The maximum atomic E-state index is 2.53. The molecule has 1 heteroatoms. The summed E-state index contributed by atoms with van der Waals surface area (Å²) in [5, 5.41) is 0. The van der Waals surface area contributed by atoms with E-state index in [9.17, 15) is 0 Å². The fraction of sp³-hybridized carbons (Fsp3) is 0.250. The van der Waals surface area contributed by atoms with Crippen molar-refractivity contribution in [3.05, 3.63) is 78.9 Å². The minimum Gasteiger partial charge on any atom is -0.366 e. The Bertz CT molecular complexity index is 738. The highest BCUT2D eigenvalue weighted by atomic mass is 15.2. The molecule has 1 nitrogen and oxygen atoms in total. The molecule has 0 atom stereocenters. The first-order chi connectivity index (χ1) is 12.1. The number of para-hydroxylation sites is 1.